The molecule has 2 aromatic carbocycles. The lowest BCUT2D eigenvalue weighted by Gasteiger charge is -2.26. The fraction of sp³-hybridized carbons (Fsp3) is 0.217. The normalized spacial score (nSPS) is 15.4. The molecule has 2 heterocycles. The van der Waals surface area contributed by atoms with Crippen LogP contribution in [-0.2, 0) is 9.53 Å². The van der Waals surface area contributed by atoms with Gasteiger partial charge in [-0.3, -0.25) is 9.89 Å². The summed E-state index contributed by atoms with van der Waals surface area (Å²) in [5.74, 6) is 0.248. The van der Waals surface area contributed by atoms with Crippen LogP contribution in [0.4, 0.5) is 5.82 Å². The summed E-state index contributed by atoms with van der Waals surface area (Å²) in [7, 11) is 1.59. The van der Waals surface area contributed by atoms with Gasteiger partial charge in [0.2, 0.25) is 0 Å². The van der Waals surface area contributed by atoms with E-state index in [4.69, 9.17) is 9.47 Å². The van der Waals surface area contributed by atoms with Crippen LogP contribution in [0.5, 0.6) is 5.75 Å². The zero-order valence-electron chi connectivity index (χ0n) is 17.1. The zero-order chi connectivity index (χ0) is 21.3. The Morgan fingerprint density at radius 1 is 1.10 bits per heavy atom. The molecule has 7 heteroatoms. The minimum absolute atomic E-state index is 0.223. The molecule has 0 saturated heterocycles. The van der Waals surface area contributed by atoms with Gasteiger partial charge in [-0.1, -0.05) is 30.3 Å². The van der Waals surface area contributed by atoms with Crippen molar-refractivity contribution in [2.75, 3.05) is 19.0 Å². The standard InChI is InChI=1S/C23H23N3O4/c1-4-30-23(28)18-14(2)24-21-20(19(18)15-10-12-17(29-3)13-11-15)22(27)26(25-21)16-8-6-5-7-9-16/h5-13,19,24-25H,4H2,1-3H3/t19-/m0/s1. The van der Waals surface area contributed by atoms with Gasteiger partial charge < -0.3 is 14.8 Å². The molecular formula is C23H23N3O4. The maximum atomic E-state index is 13.4. The molecule has 0 aliphatic carbocycles. The van der Waals surface area contributed by atoms with Gasteiger partial charge in [0.25, 0.3) is 5.56 Å². The number of allylic oxidation sites excluding steroid dienone is 1. The lowest BCUT2D eigenvalue weighted by molar-refractivity contribution is -0.138. The first-order valence-electron chi connectivity index (χ1n) is 9.74. The van der Waals surface area contributed by atoms with E-state index < -0.39 is 11.9 Å². The van der Waals surface area contributed by atoms with Crippen molar-refractivity contribution in [3.05, 3.63) is 87.3 Å². The molecule has 30 heavy (non-hydrogen) atoms. The number of anilines is 1. The molecule has 0 bridgehead atoms. The number of nitrogens with zero attached hydrogens (tertiary/aromatic N) is 1. The molecule has 0 amide bonds. The number of hydrogen-bond acceptors (Lipinski definition) is 5. The number of para-hydroxylation sites is 1. The molecule has 1 aromatic heterocycles. The minimum Gasteiger partial charge on any atom is -0.497 e. The average Bonchev–Trinajstić information content (AvgIpc) is 3.09. The molecule has 0 unspecified atom stereocenters. The van der Waals surface area contributed by atoms with E-state index in [0.717, 1.165) is 5.56 Å². The number of esters is 1. The lowest BCUT2D eigenvalue weighted by Crippen LogP contribution is -2.28. The Morgan fingerprint density at radius 2 is 1.80 bits per heavy atom. The Morgan fingerprint density at radius 3 is 2.43 bits per heavy atom. The van der Waals surface area contributed by atoms with Gasteiger partial charge in [-0.15, -0.1) is 0 Å². The van der Waals surface area contributed by atoms with Crippen LogP contribution in [0.1, 0.15) is 30.9 Å². The molecule has 0 radical (unpaired) electrons. The van der Waals surface area contributed by atoms with E-state index in [1.165, 1.54) is 4.68 Å². The first kappa shape index (κ1) is 19.6. The number of rotatable bonds is 5. The Balaban J connectivity index is 1.92. The Kier molecular flexibility index (Phi) is 5.18. The van der Waals surface area contributed by atoms with Crippen LogP contribution in [0.2, 0.25) is 0 Å². The molecule has 0 fully saturated rings. The van der Waals surface area contributed by atoms with Crippen LogP contribution in [0.3, 0.4) is 0 Å². The quantitative estimate of drug-likeness (QED) is 0.634. The lowest BCUT2D eigenvalue weighted by atomic mass is 9.82. The van der Waals surface area contributed by atoms with Crippen molar-refractivity contribution in [1.82, 2.24) is 9.78 Å². The summed E-state index contributed by atoms with van der Waals surface area (Å²) in [6, 6.07) is 16.7. The SMILES string of the molecule is CCOC(=O)C1=C(C)Nc2[nH]n(-c3ccccc3)c(=O)c2[C@H]1c1ccc(OC)cc1. The number of hydrogen-bond donors (Lipinski definition) is 2. The van der Waals surface area contributed by atoms with E-state index in [9.17, 15) is 9.59 Å². The maximum Gasteiger partial charge on any atom is 0.336 e. The van der Waals surface area contributed by atoms with Crippen LogP contribution < -0.4 is 15.6 Å². The molecule has 7 nitrogen and oxygen atoms in total. The summed E-state index contributed by atoms with van der Waals surface area (Å²) in [6.45, 7) is 3.82. The van der Waals surface area contributed by atoms with Gasteiger partial charge in [-0.2, -0.15) is 0 Å². The number of aromatic nitrogens is 2. The second-order valence-electron chi connectivity index (χ2n) is 6.97. The van der Waals surface area contributed by atoms with Gasteiger partial charge in [0.15, 0.2) is 0 Å². The van der Waals surface area contributed by atoms with Crippen molar-refractivity contribution in [3.63, 3.8) is 0 Å². The summed E-state index contributed by atoms with van der Waals surface area (Å²) in [5.41, 5.74) is 2.82. The summed E-state index contributed by atoms with van der Waals surface area (Å²) in [4.78, 5) is 26.3. The summed E-state index contributed by atoms with van der Waals surface area (Å²) >= 11 is 0. The van der Waals surface area contributed by atoms with E-state index >= 15 is 0 Å². The van der Waals surface area contributed by atoms with Crippen molar-refractivity contribution < 1.29 is 14.3 Å². The Hall–Kier alpha value is -3.74. The number of benzene rings is 2. The molecule has 1 aliphatic rings. The van der Waals surface area contributed by atoms with Gasteiger partial charge in [0.05, 0.1) is 36.5 Å². The zero-order valence-corrected chi connectivity index (χ0v) is 17.1. The van der Waals surface area contributed by atoms with E-state index in [0.29, 0.717) is 34.1 Å². The van der Waals surface area contributed by atoms with Crippen molar-refractivity contribution in [2.45, 2.75) is 19.8 Å². The largest absolute Gasteiger partial charge is 0.497 e. The fourth-order valence-corrected chi connectivity index (χ4v) is 3.80. The smallest absolute Gasteiger partial charge is 0.336 e. The van der Waals surface area contributed by atoms with Crippen molar-refractivity contribution in [2.24, 2.45) is 0 Å². The van der Waals surface area contributed by atoms with Crippen LogP contribution >= 0.6 is 0 Å². The van der Waals surface area contributed by atoms with Crippen LogP contribution in [0, 0.1) is 0 Å². The second-order valence-corrected chi connectivity index (χ2v) is 6.97. The van der Waals surface area contributed by atoms with Gasteiger partial charge in [-0.05, 0) is 43.7 Å². The highest BCUT2D eigenvalue weighted by molar-refractivity contribution is 5.94. The molecule has 1 atom stereocenters. The first-order chi connectivity index (χ1) is 14.5. The number of carbonyl (C=O) groups excluding carboxylic acids is 1. The van der Waals surface area contributed by atoms with Gasteiger partial charge in [0.1, 0.15) is 11.6 Å². The molecule has 3 aromatic rings. The Bertz CT molecular complexity index is 1160. The number of carbonyl (C=O) groups is 1. The number of nitrogens with one attached hydrogen (secondary N) is 2. The number of methoxy groups -OCH3 is 1. The molecular weight excluding hydrogens is 382 g/mol. The third-order valence-electron chi connectivity index (χ3n) is 5.18. The number of H-pyrrole nitrogens is 1. The van der Waals surface area contributed by atoms with E-state index in [1.54, 1.807) is 14.0 Å². The molecule has 1 aliphatic heterocycles. The highest BCUT2D eigenvalue weighted by Gasteiger charge is 2.37. The third-order valence-corrected chi connectivity index (χ3v) is 5.18. The third kappa shape index (κ3) is 3.28. The topological polar surface area (TPSA) is 85.4 Å². The van der Waals surface area contributed by atoms with E-state index in [1.807, 2.05) is 61.5 Å². The molecule has 154 valence electrons. The predicted octanol–water partition coefficient (Wildman–Crippen LogP) is 3.57. The first-order valence-corrected chi connectivity index (χ1v) is 9.74. The predicted molar refractivity (Wildman–Crippen MR) is 114 cm³/mol. The van der Waals surface area contributed by atoms with Crippen LogP contribution in [0.25, 0.3) is 5.69 Å². The maximum absolute atomic E-state index is 13.4. The van der Waals surface area contributed by atoms with Gasteiger partial charge >= 0.3 is 5.97 Å². The van der Waals surface area contributed by atoms with Crippen LogP contribution in [-0.4, -0.2) is 29.5 Å². The van der Waals surface area contributed by atoms with Gasteiger partial charge in [0, 0.05) is 5.70 Å². The number of ether oxygens (including phenoxy) is 2. The fourth-order valence-electron chi connectivity index (χ4n) is 3.80. The summed E-state index contributed by atoms with van der Waals surface area (Å²) in [6.07, 6.45) is 0. The average molecular weight is 405 g/mol. The minimum atomic E-state index is -0.570. The monoisotopic (exact) mass is 405 g/mol. The van der Waals surface area contributed by atoms with Crippen LogP contribution in [0.15, 0.2) is 70.7 Å². The van der Waals surface area contributed by atoms with E-state index in [2.05, 4.69) is 10.4 Å². The summed E-state index contributed by atoms with van der Waals surface area (Å²) in [5, 5.41) is 6.32. The van der Waals surface area contributed by atoms with Crippen molar-refractivity contribution in [3.8, 4) is 11.4 Å². The molecule has 4 rings (SSSR count). The number of aromatic amines is 1. The van der Waals surface area contributed by atoms with Crippen molar-refractivity contribution in [1.29, 1.82) is 0 Å². The highest BCUT2D eigenvalue weighted by atomic mass is 16.5. The highest BCUT2D eigenvalue weighted by Crippen LogP contribution is 2.40. The van der Waals surface area contributed by atoms with E-state index in [-0.39, 0.29) is 12.2 Å². The Labute approximate surface area is 173 Å². The number of fused-ring (bicyclic) bond motifs is 1. The summed E-state index contributed by atoms with van der Waals surface area (Å²) < 4.78 is 12.1. The second kappa shape index (κ2) is 7.94. The molecule has 0 saturated carbocycles. The molecule has 0 spiro atoms. The molecule has 2 N–H and O–H groups in total. The van der Waals surface area contributed by atoms with Gasteiger partial charge in [-0.25, -0.2) is 9.48 Å². The van der Waals surface area contributed by atoms with Crippen molar-refractivity contribution >= 4 is 11.8 Å².